The van der Waals surface area contributed by atoms with Crippen molar-refractivity contribution in [2.75, 3.05) is 39.9 Å². The first-order valence-electron chi connectivity index (χ1n) is 6.78. The molecule has 0 aliphatic carbocycles. The number of likely N-dealkylation sites (N-methyl/N-ethyl adjacent to an activating group) is 1. The fraction of sp³-hybridized carbons (Fsp3) is 0.600. The lowest BCUT2D eigenvalue weighted by Crippen LogP contribution is -2.66. The van der Waals surface area contributed by atoms with Crippen LogP contribution in [0.5, 0.6) is 0 Å². The zero-order valence-corrected chi connectivity index (χ0v) is 11.3. The normalized spacial score (nSPS) is 27.8. The van der Waals surface area contributed by atoms with Crippen LogP contribution < -0.4 is 5.32 Å². The van der Waals surface area contributed by atoms with Crippen LogP contribution in [0.1, 0.15) is 11.1 Å². The quantitative estimate of drug-likeness (QED) is 0.847. The second-order valence-electron chi connectivity index (χ2n) is 5.72. The lowest BCUT2D eigenvalue weighted by Gasteiger charge is -2.52. The number of nitrogens with one attached hydrogen (secondary N) is 1. The molecule has 2 aliphatic rings. The third kappa shape index (κ3) is 1.87. The summed E-state index contributed by atoms with van der Waals surface area (Å²) >= 11 is 0. The van der Waals surface area contributed by atoms with Gasteiger partial charge in [-0.1, -0.05) is 29.8 Å². The number of hydrogen-bond donors (Lipinski definition) is 1. The van der Waals surface area contributed by atoms with Crippen LogP contribution >= 0.6 is 0 Å². The first kappa shape index (κ1) is 12.2. The highest BCUT2D eigenvalue weighted by Gasteiger charge is 2.49. The van der Waals surface area contributed by atoms with E-state index in [-0.39, 0.29) is 5.41 Å². The standard InChI is InChI=1S/C15H22N2O/c1-12-3-5-13(6-4-12)15(10-18-11-15)14-9-16-7-8-17(14)2/h3-6,14,16H,7-11H2,1-2H3. The zero-order valence-electron chi connectivity index (χ0n) is 11.3. The van der Waals surface area contributed by atoms with Crippen molar-refractivity contribution >= 4 is 0 Å². The summed E-state index contributed by atoms with van der Waals surface area (Å²) in [5.74, 6) is 0. The summed E-state index contributed by atoms with van der Waals surface area (Å²) in [4.78, 5) is 2.48. The van der Waals surface area contributed by atoms with Gasteiger partial charge in [-0.25, -0.2) is 0 Å². The van der Waals surface area contributed by atoms with Crippen molar-refractivity contribution < 1.29 is 4.74 Å². The van der Waals surface area contributed by atoms with E-state index in [2.05, 4.69) is 48.5 Å². The van der Waals surface area contributed by atoms with Crippen molar-refractivity contribution in [3.63, 3.8) is 0 Å². The van der Waals surface area contributed by atoms with E-state index in [4.69, 9.17) is 4.74 Å². The van der Waals surface area contributed by atoms with Gasteiger partial charge in [0.1, 0.15) is 0 Å². The van der Waals surface area contributed by atoms with Crippen LogP contribution in [0.3, 0.4) is 0 Å². The Bertz CT molecular complexity index is 411. The lowest BCUT2D eigenvalue weighted by atomic mass is 9.71. The van der Waals surface area contributed by atoms with Gasteiger partial charge in [-0.15, -0.1) is 0 Å². The predicted octanol–water partition coefficient (Wildman–Crippen LogP) is 1.17. The molecule has 0 spiro atoms. The monoisotopic (exact) mass is 246 g/mol. The number of aryl methyl sites for hydroxylation is 1. The molecule has 1 unspecified atom stereocenters. The maximum absolute atomic E-state index is 5.57. The van der Waals surface area contributed by atoms with Crippen LogP contribution in [0.25, 0.3) is 0 Å². The Balaban J connectivity index is 1.91. The van der Waals surface area contributed by atoms with Gasteiger partial charge in [-0.05, 0) is 19.5 Å². The number of rotatable bonds is 2. The van der Waals surface area contributed by atoms with Gasteiger partial charge in [0.2, 0.25) is 0 Å². The molecule has 1 N–H and O–H groups in total. The minimum Gasteiger partial charge on any atom is -0.379 e. The van der Waals surface area contributed by atoms with E-state index in [1.807, 2.05) is 0 Å². The molecule has 0 radical (unpaired) electrons. The van der Waals surface area contributed by atoms with Crippen molar-refractivity contribution in [1.29, 1.82) is 0 Å². The average Bonchev–Trinajstić information content (AvgIpc) is 2.32. The summed E-state index contributed by atoms with van der Waals surface area (Å²) in [6, 6.07) is 9.53. The van der Waals surface area contributed by atoms with Crippen molar-refractivity contribution in [3.8, 4) is 0 Å². The molecule has 0 saturated carbocycles. The van der Waals surface area contributed by atoms with Gasteiger partial charge in [-0.2, -0.15) is 0 Å². The molecule has 0 bridgehead atoms. The highest BCUT2D eigenvalue weighted by molar-refractivity contribution is 5.33. The highest BCUT2D eigenvalue weighted by atomic mass is 16.5. The number of benzene rings is 1. The molecular formula is C15H22N2O. The molecule has 18 heavy (non-hydrogen) atoms. The summed E-state index contributed by atoms with van der Waals surface area (Å²) in [7, 11) is 2.24. The first-order valence-corrected chi connectivity index (χ1v) is 6.78. The van der Waals surface area contributed by atoms with Gasteiger partial charge in [0, 0.05) is 25.7 Å². The van der Waals surface area contributed by atoms with Crippen LogP contribution in [0.2, 0.25) is 0 Å². The number of nitrogens with zero attached hydrogens (tertiary/aromatic N) is 1. The lowest BCUT2D eigenvalue weighted by molar-refractivity contribution is -0.103. The Morgan fingerprint density at radius 1 is 1.28 bits per heavy atom. The van der Waals surface area contributed by atoms with Gasteiger partial charge in [0.15, 0.2) is 0 Å². The molecule has 2 heterocycles. The molecule has 2 aliphatic heterocycles. The van der Waals surface area contributed by atoms with E-state index in [1.165, 1.54) is 11.1 Å². The number of piperazine rings is 1. The van der Waals surface area contributed by atoms with E-state index < -0.39 is 0 Å². The van der Waals surface area contributed by atoms with E-state index in [0.717, 1.165) is 32.8 Å². The Labute approximate surface area is 109 Å². The fourth-order valence-corrected chi connectivity index (χ4v) is 3.18. The molecule has 2 fully saturated rings. The average molecular weight is 246 g/mol. The van der Waals surface area contributed by atoms with Gasteiger partial charge in [0.05, 0.1) is 18.6 Å². The number of hydrogen-bond acceptors (Lipinski definition) is 3. The molecule has 0 aromatic heterocycles. The molecule has 98 valence electrons. The Morgan fingerprint density at radius 3 is 2.56 bits per heavy atom. The fourth-order valence-electron chi connectivity index (χ4n) is 3.18. The Morgan fingerprint density at radius 2 is 2.00 bits per heavy atom. The van der Waals surface area contributed by atoms with Crippen molar-refractivity contribution in [2.45, 2.75) is 18.4 Å². The topological polar surface area (TPSA) is 24.5 Å². The minimum absolute atomic E-state index is 0.190. The van der Waals surface area contributed by atoms with Crippen molar-refractivity contribution in [1.82, 2.24) is 10.2 Å². The van der Waals surface area contributed by atoms with Crippen LogP contribution in [0, 0.1) is 6.92 Å². The third-order valence-electron chi connectivity index (χ3n) is 4.49. The summed E-state index contributed by atoms with van der Waals surface area (Å²) in [5, 5.41) is 3.52. The van der Waals surface area contributed by atoms with Crippen LogP contribution in [0.15, 0.2) is 24.3 Å². The SMILES string of the molecule is Cc1ccc(C2(C3CNCCN3C)COC2)cc1. The van der Waals surface area contributed by atoms with Crippen molar-refractivity contribution in [3.05, 3.63) is 35.4 Å². The maximum atomic E-state index is 5.57. The maximum Gasteiger partial charge on any atom is 0.0601 e. The molecule has 1 aromatic carbocycles. The molecule has 3 rings (SSSR count). The predicted molar refractivity (Wildman–Crippen MR) is 73.0 cm³/mol. The largest absolute Gasteiger partial charge is 0.379 e. The molecule has 0 amide bonds. The Kier molecular flexibility index (Phi) is 3.14. The van der Waals surface area contributed by atoms with Crippen LogP contribution in [-0.2, 0) is 10.2 Å². The summed E-state index contributed by atoms with van der Waals surface area (Å²) < 4.78 is 5.57. The Hall–Kier alpha value is -0.900. The zero-order chi connectivity index (χ0) is 12.6. The molecule has 3 heteroatoms. The third-order valence-corrected chi connectivity index (χ3v) is 4.49. The van der Waals surface area contributed by atoms with E-state index in [9.17, 15) is 0 Å². The highest BCUT2D eigenvalue weighted by Crippen LogP contribution is 2.38. The molecule has 3 nitrogen and oxygen atoms in total. The smallest absolute Gasteiger partial charge is 0.0601 e. The molecule has 1 aromatic rings. The number of ether oxygens (including phenoxy) is 1. The molecule has 1 atom stereocenters. The van der Waals surface area contributed by atoms with E-state index in [0.29, 0.717) is 6.04 Å². The minimum atomic E-state index is 0.190. The second kappa shape index (κ2) is 4.65. The van der Waals surface area contributed by atoms with Crippen molar-refractivity contribution in [2.24, 2.45) is 0 Å². The van der Waals surface area contributed by atoms with Gasteiger partial charge in [-0.3, -0.25) is 4.90 Å². The second-order valence-corrected chi connectivity index (χ2v) is 5.72. The van der Waals surface area contributed by atoms with Crippen LogP contribution in [-0.4, -0.2) is 50.8 Å². The summed E-state index contributed by atoms with van der Waals surface area (Å²) in [5.41, 5.74) is 2.94. The summed E-state index contributed by atoms with van der Waals surface area (Å²) in [6.07, 6.45) is 0. The van der Waals surface area contributed by atoms with E-state index in [1.54, 1.807) is 0 Å². The van der Waals surface area contributed by atoms with Gasteiger partial charge >= 0.3 is 0 Å². The summed E-state index contributed by atoms with van der Waals surface area (Å²) in [6.45, 7) is 7.13. The van der Waals surface area contributed by atoms with Gasteiger partial charge < -0.3 is 10.1 Å². The van der Waals surface area contributed by atoms with Gasteiger partial charge in [0.25, 0.3) is 0 Å². The molecular weight excluding hydrogens is 224 g/mol. The first-order chi connectivity index (χ1) is 8.72. The molecule has 2 saturated heterocycles. The van der Waals surface area contributed by atoms with E-state index >= 15 is 0 Å². The van der Waals surface area contributed by atoms with Crippen LogP contribution in [0.4, 0.5) is 0 Å².